The number of aliphatic hydroxyl groups is 1. The lowest BCUT2D eigenvalue weighted by Gasteiger charge is -2.26. The SMILES string of the molecule is CCC(O)(CC)CNc1cc(Br)c(F)cc1C. The molecule has 0 spiro atoms. The van der Waals surface area contributed by atoms with Gasteiger partial charge in [-0.05, 0) is 53.4 Å². The first-order valence-electron chi connectivity index (χ1n) is 5.83. The zero-order valence-corrected chi connectivity index (χ0v) is 12.1. The largest absolute Gasteiger partial charge is 0.388 e. The molecule has 1 aromatic rings. The molecule has 0 amide bonds. The predicted octanol–water partition coefficient (Wildman–Crippen LogP) is 3.86. The lowest BCUT2D eigenvalue weighted by Crippen LogP contribution is -2.35. The van der Waals surface area contributed by atoms with Crippen molar-refractivity contribution in [2.45, 2.75) is 39.2 Å². The van der Waals surface area contributed by atoms with Crippen molar-refractivity contribution >= 4 is 21.6 Å². The molecule has 2 N–H and O–H groups in total. The second-order valence-corrected chi connectivity index (χ2v) is 5.22. The number of rotatable bonds is 5. The smallest absolute Gasteiger partial charge is 0.137 e. The fourth-order valence-corrected chi connectivity index (χ4v) is 1.94. The number of anilines is 1. The van der Waals surface area contributed by atoms with Crippen LogP contribution in [0.3, 0.4) is 0 Å². The Labute approximate surface area is 110 Å². The van der Waals surface area contributed by atoms with Crippen LogP contribution in [0.4, 0.5) is 10.1 Å². The molecule has 0 saturated carbocycles. The summed E-state index contributed by atoms with van der Waals surface area (Å²) in [7, 11) is 0. The van der Waals surface area contributed by atoms with Crippen molar-refractivity contribution in [2.24, 2.45) is 0 Å². The van der Waals surface area contributed by atoms with Gasteiger partial charge < -0.3 is 10.4 Å². The Hall–Kier alpha value is -0.610. The number of benzene rings is 1. The van der Waals surface area contributed by atoms with E-state index in [1.165, 1.54) is 6.07 Å². The quantitative estimate of drug-likeness (QED) is 0.866. The molecule has 0 heterocycles. The summed E-state index contributed by atoms with van der Waals surface area (Å²) in [6.45, 7) is 6.23. The highest BCUT2D eigenvalue weighted by molar-refractivity contribution is 9.10. The number of halogens is 2. The minimum atomic E-state index is -0.701. The van der Waals surface area contributed by atoms with E-state index in [-0.39, 0.29) is 5.82 Å². The van der Waals surface area contributed by atoms with Gasteiger partial charge in [-0.25, -0.2) is 4.39 Å². The molecule has 96 valence electrons. The number of hydrogen-bond donors (Lipinski definition) is 2. The second-order valence-electron chi connectivity index (χ2n) is 4.37. The summed E-state index contributed by atoms with van der Waals surface area (Å²) in [6, 6.07) is 3.18. The van der Waals surface area contributed by atoms with Crippen LogP contribution < -0.4 is 5.32 Å². The zero-order chi connectivity index (χ0) is 13.1. The summed E-state index contributed by atoms with van der Waals surface area (Å²) in [5.74, 6) is -0.269. The Balaban J connectivity index is 2.79. The first-order chi connectivity index (χ1) is 7.91. The van der Waals surface area contributed by atoms with Crippen LogP contribution in [0.15, 0.2) is 16.6 Å². The highest BCUT2D eigenvalue weighted by atomic mass is 79.9. The van der Waals surface area contributed by atoms with Crippen LogP contribution in [0, 0.1) is 12.7 Å². The van der Waals surface area contributed by atoms with Crippen molar-refractivity contribution in [2.75, 3.05) is 11.9 Å². The minimum Gasteiger partial charge on any atom is -0.388 e. The van der Waals surface area contributed by atoms with Gasteiger partial charge in [-0.15, -0.1) is 0 Å². The third-order valence-corrected chi connectivity index (χ3v) is 3.80. The van der Waals surface area contributed by atoms with Crippen LogP contribution in [0.1, 0.15) is 32.3 Å². The van der Waals surface area contributed by atoms with Crippen molar-refractivity contribution in [3.63, 3.8) is 0 Å². The Morgan fingerprint density at radius 1 is 1.35 bits per heavy atom. The first kappa shape index (κ1) is 14.5. The monoisotopic (exact) mass is 303 g/mol. The molecule has 0 bridgehead atoms. The topological polar surface area (TPSA) is 32.3 Å². The Kier molecular flexibility index (Phi) is 4.95. The van der Waals surface area contributed by atoms with Gasteiger partial charge in [-0.1, -0.05) is 13.8 Å². The maximum atomic E-state index is 13.2. The van der Waals surface area contributed by atoms with Crippen LogP contribution >= 0.6 is 15.9 Å². The highest BCUT2D eigenvalue weighted by Crippen LogP contribution is 2.25. The van der Waals surface area contributed by atoms with E-state index >= 15 is 0 Å². The third kappa shape index (κ3) is 3.68. The molecule has 0 unspecified atom stereocenters. The normalized spacial score (nSPS) is 11.6. The van der Waals surface area contributed by atoms with E-state index in [1.807, 2.05) is 20.8 Å². The maximum absolute atomic E-state index is 13.2. The number of nitrogens with one attached hydrogen (secondary N) is 1. The van der Waals surface area contributed by atoms with Gasteiger partial charge >= 0.3 is 0 Å². The van der Waals surface area contributed by atoms with Gasteiger partial charge in [0.1, 0.15) is 5.82 Å². The molecule has 17 heavy (non-hydrogen) atoms. The van der Waals surface area contributed by atoms with Gasteiger partial charge in [0.15, 0.2) is 0 Å². The molecule has 0 fully saturated rings. The Bertz CT molecular complexity index is 391. The lowest BCUT2D eigenvalue weighted by molar-refractivity contribution is 0.0457. The van der Waals surface area contributed by atoms with Crippen LogP contribution in [-0.4, -0.2) is 17.3 Å². The van der Waals surface area contributed by atoms with Gasteiger partial charge in [0.25, 0.3) is 0 Å². The number of hydrogen-bond acceptors (Lipinski definition) is 2. The van der Waals surface area contributed by atoms with E-state index in [9.17, 15) is 9.50 Å². The molecule has 1 aromatic carbocycles. The van der Waals surface area contributed by atoms with Crippen molar-refractivity contribution < 1.29 is 9.50 Å². The summed E-state index contributed by atoms with van der Waals surface area (Å²) >= 11 is 3.16. The predicted molar refractivity (Wildman–Crippen MR) is 72.9 cm³/mol. The van der Waals surface area contributed by atoms with E-state index in [0.717, 1.165) is 11.3 Å². The molecule has 0 radical (unpaired) electrons. The Morgan fingerprint density at radius 2 is 1.94 bits per heavy atom. The molecule has 0 aromatic heterocycles. The van der Waals surface area contributed by atoms with Crippen molar-refractivity contribution in [3.05, 3.63) is 28.0 Å². The molecular formula is C13H19BrFNO. The molecule has 0 aliphatic carbocycles. The highest BCUT2D eigenvalue weighted by Gasteiger charge is 2.21. The standard InChI is InChI=1S/C13H19BrFNO/c1-4-13(17,5-2)8-16-12-7-10(14)11(15)6-9(12)3/h6-7,16-17H,4-5,8H2,1-3H3. The molecule has 1 rings (SSSR count). The van der Waals surface area contributed by atoms with Crippen LogP contribution in [0.25, 0.3) is 0 Å². The van der Waals surface area contributed by atoms with Gasteiger partial charge in [0, 0.05) is 12.2 Å². The van der Waals surface area contributed by atoms with E-state index in [2.05, 4.69) is 21.2 Å². The second kappa shape index (κ2) is 5.83. The molecule has 0 atom stereocenters. The summed E-state index contributed by atoms with van der Waals surface area (Å²) in [5.41, 5.74) is 0.978. The van der Waals surface area contributed by atoms with Crippen LogP contribution in [0.5, 0.6) is 0 Å². The lowest BCUT2D eigenvalue weighted by atomic mass is 9.97. The Morgan fingerprint density at radius 3 is 2.47 bits per heavy atom. The fourth-order valence-electron chi connectivity index (χ4n) is 1.60. The summed E-state index contributed by atoms with van der Waals surface area (Å²) in [6.07, 6.45) is 1.38. The van der Waals surface area contributed by atoms with E-state index in [4.69, 9.17) is 0 Å². The minimum absolute atomic E-state index is 0.269. The summed E-state index contributed by atoms with van der Waals surface area (Å²) in [4.78, 5) is 0. The van der Waals surface area contributed by atoms with Crippen molar-refractivity contribution in [1.82, 2.24) is 0 Å². The molecule has 0 aliphatic rings. The molecule has 2 nitrogen and oxygen atoms in total. The molecule has 0 saturated heterocycles. The van der Waals surface area contributed by atoms with Gasteiger partial charge in [-0.3, -0.25) is 0 Å². The van der Waals surface area contributed by atoms with Gasteiger partial charge in [0.2, 0.25) is 0 Å². The fraction of sp³-hybridized carbons (Fsp3) is 0.538. The zero-order valence-electron chi connectivity index (χ0n) is 10.5. The summed E-state index contributed by atoms with van der Waals surface area (Å²) in [5, 5.41) is 13.3. The molecular weight excluding hydrogens is 285 g/mol. The molecule has 0 aliphatic heterocycles. The number of aryl methyl sites for hydroxylation is 1. The van der Waals surface area contributed by atoms with Gasteiger partial charge in [0.05, 0.1) is 10.1 Å². The van der Waals surface area contributed by atoms with Crippen molar-refractivity contribution in [3.8, 4) is 0 Å². The first-order valence-corrected chi connectivity index (χ1v) is 6.63. The maximum Gasteiger partial charge on any atom is 0.137 e. The molecule has 4 heteroatoms. The van der Waals surface area contributed by atoms with E-state index in [0.29, 0.717) is 23.9 Å². The average molecular weight is 304 g/mol. The summed E-state index contributed by atoms with van der Waals surface area (Å²) < 4.78 is 13.7. The van der Waals surface area contributed by atoms with E-state index < -0.39 is 5.60 Å². The van der Waals surface area contributed by atoms with Crippen LogP contribution in [-0.2, 0) is 0 Å². The van der Waals surface area contributed by atoms with Crippen LogP contribution in [0.2, 0.25) is 0 Å². The average Bonchev–Trinajstić information content (AvgIpc) is 2.32. The third-order valence-electron chi connectivity index (χ3n) is 3.19. The van der Waals surface area contributed by atoms with Crippen molar-refractivity contribution in [1.29, 1.82) is 0 Å². The van der Waals surface area contributed by atoms with E-state index in [1.54, 1.807) is 6.07 Å². The van der Waals surface area contributed by atoms with Gasteiger partial charge in [-0.2, -0.15) is 0 Å².